The molecule has 2 N–H and O–H groups in total. The van der Waals surface area contributed by atoms with Crippen LogP contribution in [-0.4, -0.2) is 6.54 Å². The van der Waals surface area contributed by atoms with Gasteiger partial charge < -0.3 is 5.73 Å². The Kier molecular flexibility index (Phi) is 2.69. The second kappa shape index (κ2) is 3.97. The van der Waals surface area contributed by atoms with Crippen LogP contribution in [0.25, 0.3) is 5.57 Å². The van der Waals surface area contributed by atoms with Crippen molar-refractivity contribution >= 4 is 5.57 Å². The fourth-order valence-electron chi connectivity index (χ4n) is 2.11. The summed E-state index contributed by atoms with van der Waals surface area (Å²) in [5.41, 5.74) is 11.2. The van der Waals surface area contributed by atoms with Crippen LogP contribution in [0.2, 0.25) is 0 Å². The number of aryl methyl sites for hydroxylation is 2. The van der Waals surface area contributed by atoms with Crippen molar-refractivity contribution in [1.82, 2.24) is 0 Å². The van der Waals surface area contributed by atoms with E-state index >= 15 is 0 Å². The molecule has 0 fully saturated rings. The molecule has 0 bridgehead atoms. The first-order valence-corrected chi connectivity index (χ1v) is 5.30. The molecule has 0 heterocycles. The molecule has 1 aromatic carbocycles. The topological polar surface area (TPSA) is 26.0 Å². The van der Waals surface area contributed by atoms with Crippen LogP contribution in [0.1, 0.15) is 30.0 Å². The van der Waals surface area contributed by atoms with E-state index in [4.69, 9.17) is 5.73 Å². The van der Waals surface area contributed by atoms with Gasteiger partial charge in [0.05, 0.1) is 0 Å². The van der Waals surface area contributed by atoms with Crippen LogP contribution >= 0.6 is 0 Å². The van der Waals surface area contributed by atoms with E-state index in [9.17, 15) is 0 Å². The van der Waals surface area contributed by atoms with E-state index in [0.717, 1.165) is 0 Å². The Morgan fingerprint density at radius 2 is 2.14 bits per heavy atom. The van der Waals surface area contributed by atoms with Crippen LogP contribution in [0.4, 0.5) is 0 Å². The van der Waals surface area contributed by atoms with Gasteiger partial charge in [-0.1, -0.05) is 24.3 Å². The maximum Gasteiger partial charge on any atom is 0.0112 e. The summed E-state index contributed by atoms with van der Waals surface area (Å²) in [6, 6.07) is 6.81. The summed E-state index contributed by atoms with van der Waals surface area (Å²) in [4.78, 5) is 0. The normalized spacial score (nSPS) is 15.7. The zero-order valence-electron chi connectivity index (χ0n) is 8.72. The predicted molar refractivity (Wildman–Crippen MR) is 61.2 cm³/mol. The lowest BCUT2D eigenvalue weighted by Gasteiger charge is -2.05. The lowest BCUT2D eigenvalue weighted by Crippen LogP contribution is -1.95. The van der Waals surface area contributed by atoms with Gasteiger partial charge in [-0.2, -0.15) is 0 Å². The van der Waals surface area contributed by atoms with Crippen molar-refractivity contribution in [2.24, 2.45) is 5.73 Å². The highest BCUT2D eigenvalue weighted by molar-refractivity contribution is 5.65. The fourth-order valence-corrected chi connectivity index (χ4v) is 2.11. The molecule has 0 aromatic heterocycles. The van der Waals surface area contributed by atoms with E-state index in [1.807, 2.05) is 0 Å². The first kappa shape index (κ1) is 9.47. The number of hydrogen-bond donors (Lipinski definition) is 1. The van der Waals surface area contributed by atoms with Gasteiger partial charge >= 0.3 is 0 Å². The van der Waals surface area contributed by atoms with Gasteiger partial charge in [-0.3, -0.25) is 0 Å². The van der Waals surface area contributed by atoms with Crippen LogP contribution in [-0.2, 0) is 12.8 Å². The fraction of sp³-hybridized carbons (Fsp3) is 0.385. The van der Waals surface area contributed by atoms with Gasteiger partial charge in [0.1, 0.15) is 0 Å². The predicted octanol–water partition coefficient (Wildman–Crippen LogP) is 2.54. The van der Waals surface area contributed by atoms with Gasteiger partial charge in [0.2, 0.25) is 0 Å². The van der Waals surface area contributed by atoms with Gasteiger partial charge in [0.15, 0.2) is 0 Å². The lowest BCUT2D eigenvalue weighted by molar-refractivity contribution is 0.911. The molecule has 0 saturated heterocycles. The summed E-state index contributed by atoms with van der Waals surface area (Å²) in [5.74, 6) is 0. The van der Waals surface area contributed by atoms with Crippen molar-refractivity contribution in [2.75, 3.05) is 6.54 Å². The molecular formula is C13H17N. The van der Waals surface area contributed by atoms with Crippen LogP contribution < -0.4 is 5.73 Å². The zero-order chi connectivity index (χ0) is 9.97. The Morgan fingerprint density at radius 1 is 1.36 bits per heavy atom. The lowest BCUT2D eigenvalue weighted by atomic mass is 10.0. The van der Waals surface area contributed by atoms with E-state index in [1.165, 1.54) is 41.5 Å². The molecule has 1 aliphatic rings. The number of nitrogens with two attached hydrogens (primary N) is 1. The van der Waals surface area contributed by atoms with E-state index < -0.39 is 0 Å². The van der Waals surface area contributed by atoms with Crippen molar-refractivity contribution in [3.05, 3.63) is 41.0 Å². The van der Waals surface area contributed by atoms with E-state index in [0.29, 0.717) is 6.54 Å². The molecule has 0 spiro atoms. The molecule has 1 aromatic rings. The molecule has 1 heteroatoms. The molecule has 0 unspecified atom stereocenters. The second-order valence-corrected chi connectivity index (χ2v) is 3.96. The van der Waals surface area contributed by atoms with Crippen molar-refractivity contribution in [1.29, 1.82) is 0 Å². The Hall–Kier alpha value is -1.08. The molecule has 0 aliphatic heterocycles. The van der Waals surface area contributed by atoms with Crippen LogP contribution in [0, 0.1) is 0 Å². The standard InChI is InChI=1S/C13H17N/c1-10(7-8-14)12-6-5-11-3-2-4-13(11)9-12/h5-7,9H,2-4,8,14H2,1H3/b10-7-. The molecule has 74 valence electrons. The third kappa shape index (κ3) is 1.73. The second-order valence-electron chi connectivity index (χ2n) is 3.96. The average molecular weight is 187 g/mol. The van der Waals surface area contributed by atoms with Crippen molar-refractivity contribution in [2.45, 2.75) is 26.2 Å². The number of fused-ring (bicyclic) bond motifs is 1. The van der Waals surface area contributed by atoms with E-state index in [-0.39, 0.29) is 0 Å². The monoisotopic (exact) mass is 187 g/mol. The summed E-state index contributed by atoms with van der Waals surface area (Å²) in [6.07, 6.45) is 5.91. The highest BCUT2D eigenvalue weighted by atomic mass is 14.5. The SMILES string of the molecule is C/C(=C/CN)c1ccc2c(c1)CCC2. The van der Waals surface area contributed by atoms with Gasteiger partial charge in [-0.25, -0.2) is 0 Å². The molecule has 0 radical (unpaired) electrons. The van der Waals surface area contributed by atoms with Gasteiger partial charge in [-0.05, 0) is 48.4 Å². The summed E-state index contributed by atoms with van der Waals surface area (Å²) in [5, 5.41) is 0. The quantitative estimate of drug-likeness (QED) is 0.756. The summed E-state index contributed by atoms with van der Waals surface area (Å²) in [7, 11) is 0. The van der Waals surface area contributed by atoms with Crippen molar-refractivity contribution in [3.63, 3.8) is 0 Å². The minimum absolute atomic E-state index is 0.628. The summed E-state index contributed by atoms with van der Waals surface area (Å²) in [6.45, 7) is 2.76. The van der Waals surface area contributed by atoms with E-state index in [1.54, 1.807) is 0 Å². The van der Waals surface area contributed by atoms with Crippen molar-refractivity contribution in [3.8, 4) is 0 Å². The maximum absolute atomic E-state index is 5.50. The average Bonchev–Trinajstić information content (AvgIpc) is 2.64. The third-order valence-corrected chi connectivity index (χ3v) is 2.98. The minimum atomic E-state index is 0.628. The number of rotatable bonds is 2. The molecule has 1 aliphatic carbocycles. The Balaban J connectivity index is 2.33. The smallest absolute Gasteiger partial charge is 0.0112 e. The molecule has 14 heavy (non-hydrogen) atoms. The first-order valence-electron chi connectivity index (χ1n) is 5.30. The molecule has 0 amide bonds. The molecule has 0 atom stereocenters. The first-order chi connectivity index (χ1) is 6.81. The number of hydrogen-bond acceptors (Lipinski definition) is 1. The number of allylic oxidation sites excluding steroid dienone is 1. The molecule has 0 saturated carbocycles. The third-order valence-electron chi connectivity index (χ3n) is 2.98. The van der Waals surface area contributed by atoms with Crippen molar-refractivity contribution < 1.29 is 0 Å². The summed E-state index contributed by atoms with van der Waals surface area (Å²) >= 11 is 0. The molecule has 1 nitrogen and oxygen atoms in total. The molecule has 2 rings (SSSR count). The maximum atomic E-state index is 5.50. The van der Waals surface area contributed by atoms with Gasteiger partial charge in [0.25, 0.3) is 0 Å². The van der Waals surface area contributed by atoms with Crippen LogP contribution in [0.3, 0.4) is 0 Å². The van der Waals surface area contributed by atoms with E-state index in [2.05, 4.69) is 31.2 Å². The Morgan fingerprint density at radius 3 is 2.93 bits per heavy atom. The largest absolute Gasteiger partial charge is 0.327 e. The van der Waals surface area contributed by atoms with Gasteiger partial charge in [-0.15, -0.1) is 0 Å². The highest BCUT2D eigenvalue weighted by Gasteiger charge is 2.10. The highest BCUT2D eigenvalue weighted by Crippen LogP contribution is 2.25. The minimum Gasteiger partial charge on any atom is -0.327 e. The number of benzene rings is 1. The summed E-state index contributed by atoms with van der Waals surface area (Å²) < 4.78 is 0. The molecular weight excluding hydrogens is 170 g/mol. The zero-order valence-corrected chi connectivity index (χ0v) is 8.72. The Labute approximate surface area is 85.6 Å². The van der Waals surface area contributed by atoms with Crippen LogP contribution in [0.5, 0.6) is 0 Å². The van der Waals surface area contributed by atoms with Crippen LogP contribution in [0.15, 0.2) is 24.3 Å². The van der Waals surface area contributed by atoms with Gasteiger partial charge in [0, 0.05) is 6.54 Å². The Bertz CT molecular complexity index is 363.